The second kappa shape index (κ2) is 10.00. The average Bonchev–Trinajstić information content (AvgIpc) is 3.45. The molecule has 0 radical (unpaired) electrons. The number of nitrogens with one attached hydrogen (secondary N) is 4. The van der Waals surface area contributed by atoms with Crippen LogP contribution in [0.1, 0.15) is 41.2 Å². The molecular formula is C21H23ClF2N4O4S. The van der Waals surface area contributed by atoms with Crippen LogP contribution in [0.25, 0.3) is 0 Å². The van der Waals surface area contributed by atoms with Gasteiger partial charge in [0.05, 0.1) is 23.3 Å². The van der Waals surface area contributed by atoms with Crippen molar-refractivity contribution in [2.75, 3.05) is 13.2 Å². The van der Waals surface area contributed by atoms with Crippen molar-refractivity contribution in [3.8, 4) is 0 Å². The van der Waals surface area contributed by atoms with Gasteiger partial charge in [-0.25, -0.2) is 32.8 Å². The Morgan fingerprint density at radius 1 is 1.18 bits per heavy atom. The van der Waals surface area contributed by atoms with Crippen LogP contribution in [0.4, 0.5) is 8.78 Å². The third-order valence-corrected chi connectivity index (χ3v) is 7.47. The van der Waals surface area contributed by atoms with Gasteiger partial charge in [0.25, 0.3) is 5.91 Å². The van der Waals surface area contributed by atoms with E-state index in [0.717, 1.165) is 25.0 Å². The summed E-state index contributed by atoms with van der Waals surface area (Å²) in [5.41, 5.74) is 5.49. The molecule has 33 heavy (non-hydrogen) atoms. The van der Waals surface area contributed by atoms with E-state index in [1.165, 1.54) is 24.3 Å². The number of hydrazine groups is 1. The summed E-state index contributed by atoms with van der Waals surface area (Å²) >= 11 is 6.09. The fourth-order valence-corrected chi connectivity index (χ4v) is 5.45. The summed E-state index contributed by atoms with van der Waals surface area (Å²) in [7, 11) is -3.97. The van der Waals surface area contributed by atoms with Crippen molar-refractivity contribution in [3.63, 3.8) is 0 Å². The first-order valence-corrected chi connectivity index (χ1v) is 12.3. The van der Waals surface area contributed by atoms with Gasteiger partial charge in [-0.1, -0.05) is 17.7 Å². The summed E-state index contributed by atoms with van der Waals surface area (Å²) in [4.78, 5) is 12.5. The van der Waals surface area contributed by atoms with E-state index in [9.17, 15) is 22.0 Å². The molecule has 4 rings (SSSR count). The molecule has 0 aromatic heterocycles. The van der Waals surface area contributed by atoms with Crippen molar-refractivity contribution >= 4 is 27.5 Å². The van der Waals surface area contributed by atoms with Gasteiger partial charge in [0.2, 0.25) is 10.0 Å². The summed E-state index contributed by atoms with van der Waals surface area (Å²) in [5.74, 6) is -1.95. The van der Waals surface area contributed by atoms with Crippen molar-refractivity contribution in [1.82, 2.24) is 20.9 Å². The highest BCUT2D eigenvalue weighted by molar-refractivity contribution is 7.89. The summed E-state index contributed by atoms with van der Waals surface area (Å²) in [6.45, 7) is 0.706. The summed E-state index contributed by atoms with van der Waals surface area (Å²) in [6, 6.07) is 6.81. The topological polar surface area (TPSA) is 109 Å². The van der Waals surface area contributed by atoms with Crippen molar-refractivity contribution in [2.24, 2.45) is 0 Å². The van der Waals surface area contributed by atoms with Crippen LogP contribution in [0, 0.1) is 11.6 Å². The first kappa shape index (κ1) is 24.0. The molecule has 0 aliphatic carbocycles. The second-order valence-corrected chi connectivity index (χ2v) is 10.0. The molecule has 2 heterocycles. The monoisotopic (exact) mass is 500 g/mol. The van der Waals surface area contributed by atoms with Crippen LogP contribution in [-0.2, 0) is 14.8 Å². The smallest absolute Gasteiger partial charge is 0.252 e. The number of benzene rings is 2. The van der Waals surface area contributed by atoms with Crippen LogP contribution >= 0.6 is 11.6 Å². The number of hydrogen-bond donors (Lipinski definition) is 4. The highest BCUT2D eigenvalue weighted by Crippen LogP contribution is 2.27. The first-order chi connectivity index (χ1) is 15.7. The van der Waals surface area contributed by atoms with E-state index in [1.807, 2.05) is 0 Å². The highest BCUT2D eigenvalue weighted by Gasteiger charge is 2.31. The summed E-state index contributed by atoms with van der Waals surface area (Å²) in [6.07, 6.45) is 0.967. The third kappa shape index (κ3) is 5.51. The number of carbonyl (C=O) groups is 1. The van der Waals surface area contributed by atoms with Gasteiger partial charge in [-0.15, -0.1) is 0 Å². The normalized spacial score (nSPS) is 23.1. The van der Waals surface area contributed by atoms with Gasteiger partial charge in [0.1, 0.15) is 16.5 Å². The predicted molar refractivity (Wildman–Crippen MR) is 117 cm³/mol. The molecule has 0 bridgehead atoms. The zero-order valence-electron chi connectivity index (χ0n) is 17.4. The molecule has 2 aromatic rings. The zero-order valence-corrected chi connectivity index (χ0v) is 19.0. The van der Waals surface area contributed by atoms with Crippen LogP contribution in [0.5, 0.6) is 0 Å². The first-order valence-electron chi connectivity index (χ1n) is 10.4. The molecule has 12 heteroatoms. The molecular weight excluding hydrogens is 478 g/mol. The minimum absolute atomic E-state index is 0.0258. The Hall–Kier alpha value is -2.15. The molecule has 2 saturated heterocycles. The Bertz CT molecular complexity index is 1120. The van der Waals surface area contributed by atoms with E-state index in [4.69, 9.17) is 16.3 Å². The number of rotatable bonds is 7. The molecule has 2 aromatic carbocycles. The second-order valence-electron chi connectivity index (χ2n) is 7.87. The Labute approximate surface area is 195 Å². The van der Waals surface area contributed by atoms with E-state index < -0.39 is 39.8 Å². The number of halogens is 3. The maximum absolute atomic E-state index is 14.0. The van der Waals surface area contributed by atoms with Crippen LogP contribution in [0.15, 0.2) is 41.3 Å². The van der Waals surface area contributed by atoms with E-state index in [2.05, 4.69) is 20.9 Å². The molecule has 8 nitrogen and oxygen atoms in total. The molecule has 0 spiro atoms. The van der Waals surface area contributed by atoms with E-state index >= 15 is 0 Å². The molecule has 2 aliphatic heterocycles. The lowest BCUT2D eigenvalue weighted by Gasteiger charge is -2.15. The van der Waals surface area contributed by atoms with E-state index in [0.29, 0.717) is 6.61 Å². The van der Waals surface area contributed by atoms with Crippen LogP contribution in [0.2, 0.25) is 5.02 Å². The van der Waals surface area contributed by atoms with Gasteiger partial charge in [-0.3, -0.25) is 4.79 Å². The van der Waals surface area contributed by atoms with Crippen LogP contribution < -0.4 is 20.9 Å². The van der Waals surface area contributed by atoms with Crippen molar-refractivity contribution < 1.29 is 26.7 Å². The van der Waals surface area contributed by atoms with Gasteiger partial charge in [0, 0.05) is 30.7 Å². The van der Waals surface area contributed by atoms with Crippen LogP contribution in [-0.4, -0.2) is 39.7 Å². The van der Waals surface area contributed by atoms with Crippen molar-refractivity contribution in [3.05, 3.63) is 64.2 Å². The Kier molecular flexibility index (Phi) is 7.27. The molecule has 3 unspecified atom stereocenters. The quantitative estimate of drug-likeness (QED) is 0.465. The molecule has 2 aliphatic rings. The minimum Gasteiger partial charge on any atom is -0.377 e. The fraction of sp³-hybridized carbons (Fsp3) is 0.381. The molecule has 3 atom stereocenters. The molecule has 4 N–H and O–H groups in total. The number of amides is 1. The van der Waals surface area contributed by atoms with E-state index in [-0.39, 0.29) is 40.1 Å². The van der Waals surface area contributed by atoms with Gasteiger partial charge in [-0.05, 0) is 43.2 Å². The zero-order chi connectivity index (χ0) is 23.6. The van der Waals surface area contributed by atoms with Gasteiger partial charge in [-0.2, -0.15) is 0 Å². The maximum Gasteiger partial charge on any atom is 0.252 e. The number of sulfonamides is 1. The van der Waals surface area contributed by atoms with E-state index in [1.54, 1.807) is 0 Å². The maximum atomic E-state index is 14.0. The van der Waals surface area contributed by atoms with Crippen molar-refractivity contribution in [2.45, 2.75) is 42.5 Å². The van der Waals surface area contributed by atoms with Gasteiger partial charge >= 0.3 is 0 Å². The predicted octanol–water partition coefficient (Wildman–Crippen LogP) is 2.37. The van der Waals surface area contributed by atoms with Crippen LogP contribution in [0.3, 0.4) is 0 Å². The van der Waals surface area contributed by atoms with Gasteiger partial charge < -0.3 is 10.1 Å². The Morgan fingerprint density at radius 3 is 2.64 bits per heavy atom. The minimum atomic E-state index is -3.97. The Balaban J connectivity index is 1.42. The lowest BCUT2D eigenvalue weighted by molar-refractivity contribution is 0.0932. The Morgan fingerprint density at radius 2 is 1.94 bits per heavy atom. The lowest BCUT2D eigenvalue weighted by Crippen LogP contribution is -2.44. The average molecular weight is 501 g/mol. The van der Waals surface area contributed by atoms with Gasteiger partial charge in [0.15, 0.2) is 0 Å². The largest absolute Gasteiger partial charge is 0.377 e. The molecule has 2 fully saturated rings. The molecule has 0 saturated carbocycles. The standard InChI is InChI=1S/C21H23ClF2N4O4S/c22-14-7-6-12(9-18(14)33(30,31)25-11-13-3-2-8-32-13)21(29)26-19-10-17(27-28-19)20-15(23)4-1-5-16(20)24/h1,4-7,9,13,17,19,25,27-28H,2-3,8,10-11H2,(H,26,29). The summed E-state index contributed by atoms with van der Waals surface area (Å²) < 4.78 is 61.4. The van der Waals surface area contributed by atoms with Crippen molar-refractivity contribution in [1.29, 1.82) is 0 Å². The highest BCUT2D eigenvalue weighted by atomic mass is 35.5. The molecule has 1 amide bonds. The summed E-state index contributed by atoms with van der Waals surface area (Å²) in [5, 5.41) is 2.65. The number of ether oxygens (including phenoxy) is 1. The number of carbonyl (C=O) groups excluding carboxylic acids is 1. The fourth-order valence-electron chi connectivity index (χ4n) is 3.86. The third-order valence-electron chi connectivity index (χ3n) is 5.56. The lowest BCUT2D eigenvalue weighted by atomic mass is 10.0. The SMILES string of the molecule is O=C(NC1CC(c2c(F)cccc2F)NN1)c1ccc(Cl)c(S(=O)(=O)NCC2CCCO2)c1. The molecule has 178 valence electrons. The number of hydrogen-bond acceptors (Lipinski definition) is 6.